The minimum Gasteiger partial charge on any atom is -0.390 e. The second kappa shape index (κ2) is 14.2. The number of piperidine rings is 1. The molecule has 2 aromatic rings. The summed E-state index contributed by atoms with van der Waals surface area (Å²) in [7, 11) is 0. The van der Waals surface area contributed by atoms with Gasteiger partial charge < -0.3 is 25.6 Å². The van der Waals surface area contributed by atoms with Crippen LogP contribution in [0.3, 0.4) is 0 Å². The molecule has 3 atom stereocenters. The molecule has 1 aliphatic heterocycles. The Morgan fingerprint density at radius 1 is 1.19 bits per heavy atom. The molecule has 5 N–H and O–H groups in total. The number of carbonyl (C=O) groups excluding carboxylic acids is 1. The maximum atomic E-state index is 13.7. The molecule has 1 aliphatic rings. The highest BCUT2D eigenvalue weighted by molar-refractivity contribution is 7.93. The van der Waals surface area contributed by atoms with Gasteiger partial charge in [0.15, 0.2) is 0 Å². The van der Waals surface area contributed by atoms with E-state index in [1.807, 2.05) is 0 Å². The van der Waals surface area contributed by atoms with E-state index in [1.54, 1.807) is 6.26 Å². The quantitative estimate of drug-likeness (QED) is 0.321. The van der Waals surface area contributed by atoms with Gasteiger partial charge in [0.25, 0.3) is 0 Å². The van der Waals surface area contributed by atoms with Crippen LogP contribution in [0.4, 0.5) is 8.78 Å². The Labute approximate surface area is 223 Å². The number of benzene rings is 2. The normalized spacial score (nSPS) is 19.4. The van der Waals surface area contributed by atoms with Gasteiger partial charge in [0.05, 0.1) is 17.7 Å². The molecule has 206 valence electrons. The number of carbonyl (C=O) groups is 1. The summed E-state index contributed by atoms with van der Waals surface area (Å²) in [6.07, 6.45) is 2.64. The lowest BCUT2D eigenvalue weighted by Crippen LogP contribution is -2.57. The molecule has 1 saturated heterocycles. The van der Waals surface area contributed by atoms with Crippen molar-refractivity contribution in [2.24, 2.45) is 0 Å². The summed E-state index contributed by atoms with van der Waals surface area (Å²) in [4.78, 5) is 11.8. The first-order valence-corrected chi connectivity index (χ1v) is 13.7. The summed E-state index contributed by atoms with van der Waals surface area (Å²) in [5, 5.41) is 20.8. The molecule has 0 radical (unpaired) electrons. The van der Waals surface area contributed by atoms with E-state index in [4.69, 9.17) is 4.55 Å². The molecule has 6 nitrogen and oxygen atoms in total. The second-order valence-corrected chi connectivity index (χ2v) is 11.0. The number of amides is 1. The number of aliphatic hydroxyl groups is 1. The fourth-order valence-electron chi connectivity index (χ4n) is 4.66. The maximum Gasteiger partial charge on any atom is 0.217 e. The Balaban J connectivity index is 0.00000153. The molecular formula is C28H41F2N3O3S. The first-order valence-electron chi connectivity index (χ1n) is 12.5. The predicted molar refractivity (Wildman–Crippen MR) is 147 cm³/mol. The average molecular weight is 538 g/mol. The van der Waals surface area contributed by atoms with Crippen LogP contribution in [0.5, 0.6) is 0 Å². The number of halogens is 2. The zero-order valence-corrected chi connectivity index (χ0v) is 23.2. The van der Waals surface area contributed by atoms with E-state index in [0.717, 1.165) is 43.1 Å². The van der Waals surface area contributed by atoms with Gasteiger partial charge in [0, 0.05) is 32.3 Å². The van der Waals surface area contributed by atoms with Crippen molar-refractivity contribution < 1.29 is 23.2 Å². The van der Waals surface area contributed by atoms with Gasteiger partial charge >= 0.3 is 0 Å². The first kappa shape index (κ1) is 31.2. The van der Waals surface area contributed by atoms with Crippen LogP contribution in [0.25, 0.3) is 0 Å². The van der Waals surface area contributed by atoms with E-state index < -0.39 is 23.8 Å². The van der Waals surface area contributed by atoms with Crippen LogP contribution in [0, 0.1) is 11.6 Å². The van der Waals surface area contributed by atoms with Crippen LogP contribution in [0.2, 0.25) is 0 Å². The third-order valence-electron chi connectivity index (χ3n) is 6.55. The van der Waals surface area contributed by atoms with Crippen molar-refractivity contribution in [2.75, 3.05) is 25.9 Å². The van der Waals surface area contributed by atoms with E-state index in [2.05, 4.69) is 61.0 Å². The third-order valence-corrected chi connectivity index (χ3v) is 6.55. The summed E-state index contributed by atoms with van der Waals surface area (Å²) < 4.78 is 34.8. The van der Waals surface area contributed by atoms with Crippen LogP contribution in [-0.2, 0) is 22.2 Å². The fourth-order valence-corrected chi connectivity index (χ4v) is 4.66. The Kier molecular flexibility index (Phi) is 12.0. The molecule has 0 aromatic heterocycles. The number of hydrogen-bond donors (Lipinski definition) is 5. The van der Waals surface area contributed by atoms with Gasteiger partial charge in [0.2, 0.25) is 5.91 Å². The summed E-state index contributed by atoms with van der Waals surface area (Å²) in [5.41, 5.74) is 2.41. The standard InChI is InChI=1S/C27H37F2N3O2.CH4OS/c1-18(33)32-24(13-19-11-22(28)15-23(29)12-19)25(34)16-31-27(9-6-10-30-17-27)21-8-5-7-20(14-21)26(2,3)4;1-3-2/h5,7-8,11-12,14-15,24-25,30-31,34H,6,9-10,13,16-17H2,1-4H3,(H,32,33);2H,1H3. The Hall–Kier alpha value is -2.04. The molecule has 9 heteroatoms. The van der Waals surface area contributed by atoms with Gasteiger partial charge in [-0.1, -0.05) is 45.0 Å². The van der Waals surface area contributed by atoms with Crippen molar-refractivity contribution in [1.82, 2.24) is 16.0 Å². The van der Waals surface area contributed by atoms with Gasteiger partial charge in [-0.15, -0.1) is 0 Å². The lowest BCUT2D eigenvalue weighted by molar-refractivity contribution is -0.120. The zero-order valence-electron chi connectivity index (χ0n) is 22.4. The summed E-state index contributed by atoms with van der Waals surface area (Å²) in [6, 6.07) is 11.1. The van der Waals surface area contributed by atoms with Crippen LogP contribution in [0.1, 0.15) is 57.2 Å². The number of aliphatic hydroxyl groups excluding tert-OH is 1. The minimum absolute atomic E-state index is 0.00947. The van der Waals surface area contributed by atoms with Gasteiger partial charge in [-0.2, -0.15) is 0 Å². The Morgan fingerprint density at radius 2 is 1.84 bits per heavy atom. The van der Waals surface area contributed by atoms with Crippen molar-refractivity contribution in [1.29, 1.82) is 0 Å². The molecule has 3 rings (SSSR count). The van der Waals surface area contributed by atoms with Crippen molar-refractivity contribution in [2.45, 2.75) is 70.1 Å². The lowest BCUT2D eigenvalue weighted by atomic mass is 9.79. The van der Waals surface area contributed by atoms with Crippen molar-refractivity contribution in [3.05, 3.63) is 70.8 Å². The predicted octanol–water partition coefficient (Wildman–Crippen LogP) is 4.36. The maximum absolute atomic E-state index is 13.7. The smallest absolute Gasteiger partial charge is 0.217 e. The lowest BCUT2D eigenvalue weighted by Gasteiger charge is -2.41. The molecule has 0 spiro atoms. The monoisotopic (exact) mass is 537 g/mol. The molecule has 37 heavy (non-hydrogen) atoms. The third kappa shape index (κ3) is 9.65. The van der Waals surface area contributed by atoms with Crippen LogP contribution in [0.15, 0.2) is 42.5 Å². The van der Waals surface area contributed by atoms with E-state index in [9.17, 15) is 18.7 Å². The van der Waals surface area contributed by atoms with Crippen molar-refractivity contribution in [3.63, 3.8) is 0 Å². The Bertz CT molecular complexity index is 990. The van der Waals surface area contributed by atoms with E-state index >= 15 is 0 Å². The van der Waals surface area contributed by atoms with Gasteiger partial charge in [-0.3, -0.25) is 4.79 Å². The average Bonchev–Trinajstić information content (AvgIpc) is 2.82. The molecular weight excluding hydrogens is 496 g/mol. The van der Waals surface area contributed by atoms with Crippen LogP contribution >= 0.6 is 12.0 Å². The largest absolute Gasteiger partial charge is 0.390 e. The summed E-state index contributed by atoms with van der Waals surface area (Å²) in [5.74, 6) is -1.68. The van der Waals surface area contributed by atoms with Gasteiger partial charge in [-0.25, -0.2) is 8.78 Å². The molecule has 1 amide bonds. The molecule has 2 aromatic carbocycles. The minimum atomic E-state index is -0.958. The molecule has 1 fully saturated rings. The number of hydrogen-bond acceptors (Lipinski definition) is 6. The summed E-state index contributed by atoms with van der Waals surface area (Å²) in [6.45, 7) is 9.78. The van der Waals surface area contributed by atoms with Gasteiger partial charge in [-0.05, 0) is 72.1 Å². The van der Waals surface area contributed by atoms with Crippen molar-refractivity contribution >= 4 is 17.9 Å². The fraction of sp³-hybridized carbons (Fsp3) is 0.536. The SMILES string of the molecule is CC(=O)NC(Cc1cc(F)cc(F)c1)C(O)CNC1(c2cccc(C(C)(C)C)c2)CCCNC1.CSO. The molecule has 3 unspecified atom stereocenters. The summed E-state index contributed by atoms with van der Waals surface area (Å²) >= 11 is 0.750. The molecule has 0 saturated carbocycles. The van der Waals surface area contributed by atoms with E-state index in [-0.39, 0.29) is 29.8 Å². The van der Waals surface area contributed by atoms with Crippen LogP contribution < -0.4 is 16.0 Å². The van der Waals surface area contributed by atoms with Crippen molar-refractivity contribution in [3.8, 4) is 0 Å². The highest BCUT2D eigenvalue weighted by Crippen LogP contribution is 2.32. The molecule has 0 bridgehead atoms. The molecule has 1 heterocycles. The Morgan fingerprint density at radius 3 is 2.38 bits per heavy atom. The zero-order chi connectivity index (χ0) is 27.6. The molecule has 0 aliphatic carbocycles. The second-order valence-electron chi connectivity index (χ2n) is 10.6. The highest BCUT2D eigenvalue weighted by atomic mass is 32.2. The highest BCUT2D eigenvalue weighted by Gasteiger charge is 2.35. The van der Waals surface area contributed by atoms with E-state index in [0.29, 0.717) is 12.1 Å². The first-order chi connectivity index (χ1) is 17.4. The van der Waals surface area contributed by atoms with Crippen LogP contribution in [-0.4, -0.2) is 53.6 Å². The number of nitrogens with one attached hydrogen (secondary N) is 3. The van der Waals surface area contributed by atoms with Gasteiger partial charge in [0.1, 0.15) is 11.6 Å². The van der Waals surface area contributed by atoms with E-state index in [1.165, 1.54) is 24.6 Å². The topological polar surface area (TPSA) is 93.6 Å². The number of rotatable bonds is 8.